The van der Waals surface area contributed by atoms with Crippen molar-refractivity contribution in [3.8, 4) is 5.75 Å². The van der Waals surface area contributed by atoms with Crippen molar-refractivity contribution in [3.05, 3.63) is 29.3 Å². The van der Waals surface area contributed by atoms with Crippen LogP contribution < -0.4 is 4.74 Å². The van der Waals surface area contributed by atoms with Gasteiger partial charge in [0.25, 0.3) is 0 Å². The average Bonchev–Trinajstić information content (AvgIpc) is 2.36. The Morgan fingerprint density at radius 3 is 2.65 bits per heavy atom. The number of aliphatic hydroxyl groups excluding tert-OH is 1. The summed E-state index contributed by atoms with van der Waals surface area (Å²) in [5, 5.41) is 10.6. The summed E-state index contributed by atoms with van der Waals surface area (Å²) in [7, 11) is 0. The van der Waals surface area contributed by atoms with E-state index >= 15 is 0 Å². The van der Waals surface area contributed by atoms with E-state index in [4.69, 9.17) is 21.1 Å². The van der Waals surface area contributed by atoms with E-state index in [0.717, 1.165) is 13.1 Å². The number of para-hydroxylation sites is 1. The molecule has 1 aliphatic rings. The molecule has 0 aliphatic carbocycles. The molecule has 0 aromatic heterocycles. The summed E-state index contributed by atoms with van der Waals surface area (Å²) < 4.78 is 11.2. The van der Waals surface area contributed by atoms with Crippen molar-refractivity contribution in [3.63, 3.8) is 0 Å². The first-order chi connectivity index (χ1) is 9.54. The van der Waals surface area contributed by atoms with Gasteiger partial charge in [-0.05, 0) is 26.0 Å². The number of ether oxygens (including phenoxy) is 2. The molecule has 1 aromatic carbocycles. The molecule has 5 heteroatoms. The molecule has 0 bridgehead atoms. The zero-order valence-corrected chi connectivity index (χ0v) is 12.7. The second kappa shape index (κ2) is 7.27. The molecule has 1 saturated heterocycles. The van der Waals surface area contributed by atoms with Crippen LogP contribution in [-0.4, -0.2) is 54.6 Å². The summed E-state index contributed by atoms with van der Waals surface area (Å²) in [5.41, 5.74) is 0. The van der Waals surface area contributed by atoms with Crippen molar-refractivity contribution in [1.82, 2.24) is 4.90 Å². The van der Waals surface area contributed by atoms with E-state index in [1.165, 1.54) is 0 Å². The van der Waals surface area contributed by atoms with Gasteiger partial charge in [-0.15, -0.1) is 0 Å². The third kappa shape index (κ3) is 4.63. The molecule has 0 radical (unpaired) electrons. The van der Waals surface area contributed by atoms with Gasteiger partial charge in [-0.1, -0.05) is 23.7 Å². The zero-order chi connectivity index (χ0) is 14.5. The third-order valence-electron chi connectivity index (χ3n) is 3.23. The fourth-order valence-electron chi connectivity index (χ4n) is 2.53. The lowest BCUT2D eigenvalue weighted by Gasteiger charge is -2.36. The van der Waals surface area contributed by atoms with Crippen LogP contribution >= 0.6 is 11.6 Å². The lowest BCUT2D eigenvalue weighted by atomic mass is 10.2. The van der Waals surface area contributed by atoms with Crippen LogP contribution in [0.25, 0.3) is 0 Å². The molecular formula is C15H22ClNO3. The number of hydrogen-bond acceptors (Lipinski definition) is 4. The van der Waals surface area contributed by atoms with Crippen molar-refractivity contribution < 1.29 is 14.6 Å². The number of β-amino-alcohol motifs (C(OH)–C–C–N with tert-alkyl or cyclic N) is 1. The Balaban J connectivity index is 1.78. The number of rotatable bonds is 5. The molecule has 1 N–H and O–H groups in total. The van der Waals surface area contributed by atoms with E-state index in [1.807, 2.05) is 12.1 Å². The number of benzene rings is 1. The van der Waals surface area contributed by atoms with Crippen molar-refractivity contribution >= 4 is 11.6 Å². The summed E-state index contributed by atoms with van der Waals surface area (Å²) in [6, 6.07) is 7.28. The SMILES string of the molecule is C[C@@H]1CN(C[C@@H](O)COc2ccccc2Cl)C[C@H](C)O1. The van der Waals surface area contributed by atoms with Gasteiger partial charge in [0, 0.05) is 19.6 Å². The van der Waals surface area contributed by atoms with E-state index in [-0.39, 0.29) is 18.8 Å². The molecule has 1 heterocycles. The van der Waals surface area contributed by atoms with E-state index in [9.17, 15) is 5.11 Å². The highest BCUT2D eigenvalue weighted by Crippen LogP contribution is 2.23. The summed E-state index contributed by atoms with van der Waals surface area (Å²) >= 11 is 6.00. The highest BCUT2D eigenvalue weighted by Gasteiger charge is 2.23. The maximum atomic E-state index is 10.1. The van der Waals surface area contributed by atoms with E-state index in [0.29, 0.717) is 17.3 Å². The molecule has 0 spiro atoms. The summed E-state index contributed by atoms with van der Waals surface area (Å²) in [5.74, 6) is 0.608. The number of aliphatic hydroxyl groups is 1. The van der Waals surface area contributed by atoms with E-state index < -0.39 is 6.10 Å². The summed E-state index contributed by atoms with van der Waals surface area (Å²) in [6.45, 7) is 6.61. The standard InChI is InChI=1S/C15H22ClNO3/c1-11-7-17(8-12(2)20-11)9-13(18)10-19-15-6-4-3-5-14(15)16/h3-6,11-13,18H,7-10H2,1-2H3/t11-,12+,13-/m1/s1. The number of morpholine rings is 1. The predicted molar refractivity (Wildman–Crippen MR) is 79.4 cm³/mol. The topological polar surface area (TPSA) is 41.9 Å². The Labute approximate surface area is 125 Å². The summed E-state index contributed by atoms with van der Waals surface area (Å²) in [6.07, 6.45) is -0.130. The molecule has 2 rings (SSSR count). The zero-order valence-electron chi connectivity index (χ0n) is 12.0. The molecule has 1 fully saturated rings. The van der Waals surface area contributed by atoms with Crippen molar-refractivity contribution in [2.24, 2.45) is 0 Å². The predicted octanol–water partition coefficient (Wildman–Crippen LogP) is 2.19. The molecule has 0 saturated carbocycles. The smallest absolute Gasteiger partial charge is 0.138 e. The minimum atomic E-state index is -0.538. The maximum absolute atomic E-state index is 10.1. The van der Waals surface area contributed by atoms with Crippen LogP contribution in [0.2, 0.25) is 5.02 Å². The quantitative estimate of drug-likeness (QED) is 0.905. The maximum Gasteiger partial charge on any atom is 0.138 e. The highest BCUT2D eigenvalue weighted by atomic mass is 35.5. The molecular weight excluding hydrogens is 278 g/mol. The molecule has 0 unspecified atom stereocenters. The van der Waals surface area contributed by atoms with E-state index in [1.54, 1.807) is 12.1 Å². The first-order valence-electron chi connectivity index (χ1n) is 6.98. The molecule has 0 amide bonds. The number of halogens is 1. The van der Waals surface area contributed by atoms with Gasteiger partial charge in [-0.2, -0.15) is 0 Å². The van der Waals surface area contributed by atoms with Gasteiger partial charge in [0.1, 0.15) is 18.5 Å². The minimum absolute atomic E-state index is 0.204. The van der Waals surface area contributed by atoms with Crippen molar-refractivity contribution in [2.45, 2.75) is 32.2 Å². The largest absolute Gasteiger partial charge is 0.489 e. The minimum Gasteiger partial charge on any atom is -0.489 e. The second-order valence-corrected chi connectivity index (χ2v) is 5.78. The van der Waals surface area contributed by atoms with Crippen LogP contribution in [0.1, 0.15) is 13.8 Å². The Kier molecular flexibility index (Phi) is 5.66. The first-order valence-corrected chi connectivity index (χ1v) is 7.35. The van der Waals surface area contributed by atoms with Crippen LogP contribution in [0, 0.1) is 0 Å². The molecule has 3 atom stereocenters. The van der Waals surface area contributed by atoms with Gasteiger partial charge < -0.3 is 14.6 Å². The lowest BCUT2D eigenvalue weighted by molar-refractivity contribution is -0.0786. The van der Waals surface area contributed by atoms with Gasteiger partial charge in [-0.3, -0.25) is 4.90 Å². The first kappa shape index (κ1) is 15.6. The molecule has 4 nitrogen and oxygen atoms in total. The number of hydrogen-bond donors (Lipinski definition) is 1. The van der Waals surface area contributed by atoms with Crippen LogP contribution in [0.5, 0.6) is 5.75 Å². The Morgan fingerprint density at radius 1 is 1.35 bits per heavy atom. The Hall–Kier alpha value is -0.810. The average molecular weight is 300 g/mol. The van der Waals surface area contributed by atoms with Crippen LogP contribution in [0.15, 0.2) is 24.3 Å². The monoisotopic (exact) mass is 299 g/mol. The Bertz CT molecular complexity index is 419. The van der Waals surface area contributed by atoms with Crippen LogP contribution in [0.4, 0.5) is 0 Å². The van der Waals surface area contributed by atoms with Gasteiger partial charge in [0.2, 0.25) is 0 Å². The van der Waals surface area contributed by atoms with Gasteiger partial charge in [-0.25, -0.2) is 0 Å². The second-order valence-electron chi connectivity index (χ2n) is 5.37. The normalized spacial score (nSPS) is 25.4. The molecule has 1 aliphatic heterocycles. The van der Waals surface area contributed by atoms with Gasteiger partial charge in [0.05, 0.1) is 17.2 Å². The van der Waals surface area contributed by atoms with Crippen LogP contribution in [-0.2, 0) is 4.74 Å². The lowest BCUT2D eigenvalue weighted by Crippen LogP contribution is -2.48. The number of nitrogens with zero attached hydrogens (tertiary/aromatic N) is 1. The molecule has 1 aromatic rings. The van der Waals surface area contributed by atoms with Crippen molar-refractivity contribution in [2.75, 3.05) is 26.2 Å². The van der Waals surface area contributed by atoms with Gasteiger partial charge in [0.15, 0.2) is 0 Å². The highest BCUT2D eigenvalue weighted by molar-refractivity contribution is 6.32. The molecule has 112 valence electrons. The van der Waals surface area contributed by atoms with E-state index in [2.05, 4.69) is 18.7 Å². The molecule has 20 heavy (non-hydrogen) atoms. The van der Waals surface area contributed by atoms with Crippen molar-refractivity contribution in [1.29, 1.82) is 0 Å². The fraction of sp³-hybridized carbons (Fsp3) is 0.600. The summed E-state index contributed by atoms with van der Waals surface area (Å²) in [4.78, 5) is 2.21. The fourth-order valence-corrected chi connectivity index (χ4v) is 2.72. The third-order valence-corrected chi connectivity index (χ3v) is 3.54. The van der Waals surface area contributed by atoms with Gasteiger partial charge >= 0.3 is 0 Å². The van der Waals surface area contributed by atoms with Crippen LogP contribution in [0.3, 0.4) is 0 Å². The Morgan fingerprint density at radius 2 is 2.00 bits per heavy atom.